The molecule has 0 N–H and O–H groups in total. The minimum atomic E-state index is -0.725. The fourth-order valence-corrected chi connectivity index (χ4v) is 5.52. The van der Waals surface area contributed by atoms with Crippen LogP contribution in [-0.4, -0.2) is 27.0 Å². The molecule has 0 fully saturated rings. The number of aromatic nitrogens is 2. The van der Waals surface area contributed by atoms with Gasteiger partial charge in [-0.15, -0.1) is 0 Å². The molecule has 0 saturated carbocycles. The summed E-state index contributed by atoms with van der Waals surface area (Å²) in [5.41, 5.74) is 3.46. The normalized spacial score (nSPS) is 15.0. The van der Waals surface area contributed by atoms with Crippen LogP contribution in [0.2, 0.25) is 0 Å². The van der Waals surface area contributed by atoms with E-state index in [2.05, 4.69) is 5.10 Å². The van der Waals surface area contributed by atoms with Gasteiger partial charge in [-0.1, -0.05) is 26.0 Å². The van der Waals surface area contributed by atoms with Crippen LogP contribution in [0.3, 0.4) is 0 Å². The van der Waals surface area contributed by atoms with Crippen LogP contribution in [0.1, 0.15) is 66.5 Å². The fraction of sp³-hybridized carbons (Fsp3) is 0.310. The number of pyridine rings is 1. The lowest BCUT2D eigenvalue weighted by atomic mass is 9.82. The molecule has 1 aliphatic heterocycles. The summed E-state index contributed by atoms with van der Waals surface area (Å²) >= 11 is 0. The molecule has 0 aliphatic carbocycles. The zero-order valence-corrected chi connectivity index (χ0v) is 21.0. The third kappa shape index (κ3) is 3.60. The Bertz CT molecular complexity index is 1500. The predicted molar refractivity (Wildman–Crippen MR) is 134 cm³/mol. The highest BCUT2D eigenvalue weighted by Crippen LogP contribution is 2.39. The summed E-state index contributed by atoms with van der Waals surface area (Å²) in [7, 11) is 0. The number of halogens is 3. The topological polar surface area (TPSA) is 37.6 Å². The highest BCUT2D eigenvalue weighted by Gasteiger charge is 2.39. The molecule has 0 saturated heterocycles. The van der Waals surface area contributed by atoms with Gasteiger partial charge in [0.05, 0.1) is 33.6 Å². The van der Waals surface area contributed by atoms with E-state index in [1.807, 2.05) is 27.7 Å². The number of carbonyl (C=O) groups excluding carboxylic acids is 1. The van der Waals surface area contributed by atoms with Gasteiger partial charge in [0.25, 0.3) is 5.91 Å². The standard InChI is InChI=1S/C29H28F3N3O/c1-16(2)27-20(28(36)34-14-13-18-9-10-19(30)15-21(18)29(34,4)5)11-12-24-25(17(3)33-35(24)27)26-22(31)7-6-8-23(26)32/h6-12,15-16H,13-14H2,1-5H3. The zero-order valence-electron chi connectivity index (χ0n) is 21.0. The molecule has 4 aromatic rings. The summed E-state index contributed by atoms with van der Waals surface area (Å²) in [6.45, 7) is 9.96. The molecule has 0 unspecified atom stereocenters. The van der Waals surface area contributed by atoms with Crippen LogP contribution < -0.4 is 0 Å². The lowest BCUT2D eigenvalue weighted by Gasteiger charge is -2.44. The minimum absolute atomic E-state index is 0.108. The number of hydrogen-bond acceptors (Lipinski definition) is 2. The van der Waals surface area contributed by atoms with Gasteiger partial charge in [0.2, 0.25) is 0 Å². The number of aryl methyl sites for hydroxylation is 1. The molecule has 36 heavy (non-hydrogen) atoms. The first-order chi connectivity index (χ1) is 17.0. The number of amides is 1. The van der Waals surface area contributed by atoms with E-state index in [4.69, 9.17) is 0 Å². The molecule has 7 heteroatoms. The van der Waals surface area contributed by atoms with Gasteiger partial charge in [-0.3, -0.25) is 4.79 Å². The van der Waals surface area contributed by atoms with E-state index in [-0.39, 0.29) is 23.2 Å². The first-order valence-corrected chi connectivity index (χ1v) is 12.1. The molecule has 0 spiro atoms. The summed E-state index contributed by atoms with van der Waals surface area (Å²) < 4.78 is 45.1. The van der Waals surface area contributed by atoms with E-state index in [9.17, 15) is 18.0 Å². The SMILES string of the molecule is Cc1nn2c(C(C)C)c(C(=O)N3CCc4ccc(F)cc4C3(C)C)ccc2c1-c1c(F)cccc1F. The van der Waals surface area contributed by atoms with Crippen molar-refractivity contribution in [2.75, 3.05) is 6.54 Å². The van der Waals surface area contributed by atoms with E-state index < -0.39 is 17.2 Å². The Balaban J connectivity index is 1.67. The van der Waals surface area contributed by atoms with E-state index in [0.29, 0.717) is 41.0 Å². The molecular formula is C29H28F3N3O. The third-order valence-electron chi connectivity index (χ3n) is 7.25. The van der Waals surface area contributed by atoms with Crippen molar-refractivity contribution in [2.45, 2.75) is 52.5 Å². The predicted octanol–water partition coefficient (Wildman–Crippen LogP) is 6.78. The van der Waals surface area contributed by atoms with Gasteiger partial charge in [-0.05, 0) is 80.6 Å². The Morgan fingerprint density at radius 2 is 1.69 bits per heavy atom. The Labute approximate surface area is 208 Å². The first kappa shape index (κ1) is 24.1. The van der Waals surface area contributed by atoms with Crippen molar-refractivity contribution in [1.82, 2.24) is 14.5 Å². The van der Waals surface area contributed by atoms with Crippen molar-refractivity contribution >= 4 is 11.4 Å². The summed E-state index contributed by atoms with van der Waals surface area (Å²) in [6, 6.07) is 11.9. The van der Waals surface area contributed by atoms with Gasteiger partial charge in [0.15, 0.2) is 0 Å². The summed E-state index contributed by atoms with van der Waals surface area (Å²) in [5, 5.41) is 4.63. The van der Waals surface area contributed by atoms with Crippen LogP contribution in [0.4, 0.5) is 13.2 Å². The van der Waals surface area contributed by atoms with E-state index in [1.165, 1.54) is 30.3 Å². The average molecular weight is 492 g/mol. The van der Waals surface area contributed by atoms with E-state index in [0.717, 1.165) is 11.1 Å². The molecule has 1 aliphatic rings. The largest absolute Gasteiger partial charge is 0.329 e. The molecule has 2 aromatic carbocycles. The molecule has 2 aromatic heterocycles. The Hall–Kier alpha value is -3.61. The van der Waals surface area contributed by atoms with Crippen molar-refractivity contribution in [3.63, 3.8) is 0 Å². The molecule has 1 amide bonds. The fourth-order valence-electron chi connectivity index (χ4n) is 5.52. The van der Waals surface area contributed by atoms with Gasteiger partial charge in [-0.2, -0.15) is 5.10 Å². The van der Waals surface area contributed by atoms with E-state index in [1.54, 1.807) is 34.5 Å². The molecule has 4 nitrogen and oxygen atoms in total. The summed E-state index contributed by atoms with van der Waals surface area (Å²) in [4.78, 5) is 15.8. The molecule has 3 heterocycles. The molecule has 0 bridgehead atoms. The van der Waals surface area contributed by atoms with Gasteiger partial charge in [0, 0.05) is 12.1 Å². The van der Waals surface area contributed by atoms with Gasteiger partial charge in [-0.25, -0.2) is 17.7 Å². The van der Waals surface area contributed by atoms with E-state index >= 15 is 0 Å². The molecule has 0 atom stereocenters. The number of benzene rings is 2. The number of carbonyl (C=O) groups is 1. The number of fused-ring (bicyclic) bond motifs is 2. The Morgan fingerprint density at radius 1 is 1.00 bits per heavy atom. The summed E-state index contributed by atoms with van der Waals surface area (Å²) in [6.07, 6.45) is 0.627. The van der Waals surface area contributed by atoms with Crippen molar-refractivity contribution in [2.24, 2.45) is 0 Å². The highest BCUT2D eigenvalue weighted by molar-refractivity contribution is 5.97. The monoisotopic (exact) mass is 491 g/mol. The lowest BCUT2D eigenvalue weighted by Crippen LogP contribution is -2.50. The smallest absolute Gasteiger partial charge is 0.256 e. The Kier molecular flexibility index (Phi) is 5.69. The molecule has 186 valence electrons. The maximum absolute atomic E-state index is 14.7. The van der Waals surface area contributed by atoms with Crippen LogP contribution in [0.5, 0.6) is 0 Å². The second-order valence-electron chi connectivity index (χ2n) is 10.2. The maximum Gasteiger partial charge on any atom is 0.256 e. The van der Waals surface area contributed by atoms with Crippen molar-refractivity contribution < 1.29 is 18.0 Å². The maximum atomic E-state index is 14.7. The van der Waals surface area contributed by atoms with Crippen molar-refractivity contribution in [3.05, 3.63) is 94.1 Å². The van der Waals surface area contributed by atoms with Crippen LogP contribution in [-0.2, 0) is 12.0 Å². The lowest BCUT2D eigenvalue weighted by molar-refractivity contribution is 0.0510. The average Bonchev–Trinajstić information content (AvgIpc) is 3.14. The Morgan fingerprint density at radius 3 is 2.36 bits per heavy atom. The number of hydrogen-bond donors (Lipinski definition) is 0. The van der Waals surface area contributed by atoms with Gasteiger partial charge in [0.1, 0.15) is 17.5 Å². The van der Waals surface area contributed by atoms with Crippen LogP contribution >= 0.6 is 0 Å². The summed E-state index contributed by atoms with van der Waals surface area (Å²) in [5.74, 6) is -1.96. The second kappa shape index (κ2) is 8.50. The quantitative estimate of drug-likeness (QED) is 0.317. The zero-order chi connectivity index (χ0) is 25.9. The van der Waals surface area contributed by atoms with Crippen LogP contribution in [0.25, 0.3) is 16.6 Å². The van der Waals surface area contributed by atoms with Crippen molar-refractivity contribution in [3.8, 4) is 11.1 Å². The van der Waals surface area contributed by atoms with Crippen molar-refractivity contribution in [1.29, 1.82) is 0 Å². The molecule has 0 radical (unpaired) electrons. The van der Waals surface area contributed by atoms with Gasteiger partial charge >= 0.3 is 0 Å². The third-order valence-corrected chi connectivity index (χ3v) is 7.25. The molecule has 5 rings (SSSR count). The number of nitrogens with zero attached hydrogens (tertiary/aromatic N) is 3. The number of rotatable bonds is 3. The second-order valence-corrected chi connectivity index (χ2v) is 10.2. The highest BCUT2D eigenvalue weighted by atomic mass is 19.1. The first-order valence-electron chi connectivity index (χ1n) is 12.1. The van der Waals surface area contributed by atoms with Gasteiger partial charge < -0.3 is 4.90 Å². The minimum Gasteiger partial charge on any atom is -0.329 e. The van der Waals surface area contributed by atoms with Crippen LogP contribution in [0, 0.1) is 24.4 Å². The van der Waals surface area contributed by atoms with Crippen LogP contribution in [0.15, 0.2) is 48.5 Å². The molecular weight excluding hydrogens is 463 g/mol.